The summed E-state index contributed by atoms with van der Waals surface area (Å²) < 4.78 is 0. The van der Waals surface area contributed by atoms with E-state index in [2.05, 4.69) is 0 Å². The van der Waals surface area contributed by atoms with Crippen LogP contribution in [0.15, 0.2) is 18.2 Å². The summed E-state index contributed by atoms with van der Waals surface area (Å²) >= 11 is 12.0. The third kappa shape index (κ3) is 3.19. The number of carboxylic acids is 1. The van der Waals surface area contributed by atoms with Crippen LogP contribution in [0.5, 0.6) is 0 Å². The smallest absolute Gasteiger partial charge is 0.308 e. The first-order valence-electron chi connectivity index (χ1n) is 5.92. The molecule has 0 spiro atoms. The SMILES string of the molecule is O=C(O)C1CC(=O)N(CCc2cccc(Cl)c2Cl)C1. The Morgan fingerprint density at radius 1 is 1.42 bits per heavy atom. The zero-order valence-corrected chi connectivity index (χ0v) is 11.6. The maximum Gasteiger partial charge on any atom is 0.308 e. The van der Waals surface area contributed by atoms with Gasteiger partial charge in [-0.25, -0.2) is 0 Å². The van der Waals surface area contributed by atoms with Gasteiger partial charge in [0.25, 0.3) is 0 Å². The molecule has 1 aliphatic rings. The topological polar surface area (TPSA) is 57.6 Å². The Morgan fingerprint density at radius 3 is 2.79 bits per heavy atom. The summed E-state index contributed by atoms with van der Waals surface area (Å²) in [5, 5.41) is 9.87. The lowest BCUT2D eigenvalue weighted by Crippen LogP contribution is -2.28. The van der Waals surface area contributed by atoms with Crippen molar-refractivity contribution in [2.45, 2.75) is 12.8 Å². The fraction of sp³-hybridized carbons (Fsp3) is 0.385. The van der Waals surface area contributed by atoms with E-state index in [4.69, 9.17) is 28.3 Å². The van der Waals surface area contributed by atoms with Gasteiger partial charge in [0.05, 0.1) is 16.0 Å². The highest BCUT2D eigenvalue weighted by Gasteiger charge is 2.33. The van der Waals surface area contributed by atoms with Crippen LogP contribution in [0.25, 0.3) is 0 Å². The highest BCUT2D eigenvalue weighted by atomic mass is 35.5. The van der Waals surface area contributed by atoms with Crippen molar-refractivity contribution in [3.8, 4) is 0 Å². The van der Waals surface area contributed by atoms with Crippen molar-refractivity contribution >= 4 is 35.1 Å². The minimum atomic E-state index is -0.920. The molecule has 1 fully saturated rings. The van der Waals surface area contributed by atoms with Crippen LogP contribution in [0.4, 0.5) is 0 Å². The Morgan fingerprint density at radius 2 is 2.16 bits per heavy atom. The zero-order chi connectivity index (χ0) is 14.0. The third-order valence-corrected chi connectivity index (χ3v) is 4.10. The maximum absolute atomic E-state index is 11.7. The molecule has 0 aliphatic carbocycles. The van der Waals surface area contributed by atoms with E-state index in [9.17, 15) is 9.59 Å². The van der Waals surface area contributed by atoms with Gasteiger partial charge in [0.1, 0.15) is 0 Å². The summed E-state index contributed by atoms with van der Waals surface area (Å²) in [7, 11) is 0. The molecule has 1 N–H and O–H groups in total. The highest BCUT2D eigenvalue weighted by Crippen LogP contribution is 2.26. The Labute approximate surface area is 120 Å². The van der Waals surface area contributed by atoms with E-state index in [1.54, 1.807) is 17.0 Å². The number of halogens is 2. The van der Waals surface area contributed by atoms with E-state index >= 15 is 0 Å². The molecule has 1 aliphatic heterocycles. The quantitative estimate of drug-likeness (QED) is 0.929. The monoisotopic (exact) mass is 301 g/mol. The molecule has 1 saturated heterocycles. The van der Waals surface area contributed by atoms with E-state index in [1.807, 2.05) is 6.07 Å². The van der Waals surface area contributed by atoms with Crippen LogP contribution in [0, 0.1) is 5.92 Å². The average molecular weight is 302 g/mol. The largest absolute Gasteiger partial charge is 0.481 e. The van der Waals surface area contributed by atoms with Gasteiger partial charge in [0.2, 0.25) is 5.91 Å². The summed E-state index contributed by atoms with van der Waals surface area (Å²) in [6.45, 7) is 0.731. The Kier molecular flexibility index (Phi) is 4.32. The van der Waals surface area contributed by atoms with Crippen molar-refractivity contribution in [3.63, 3.8) is 0 Å². The van der Waals surface area contributed by atoms with E-state index in [-0.39, 0.29) is 18.9 Å². The van der Waals surface area contributed by atoms with E-state index in [0.29, 0.717) is 23.0 Å². The van der Waals surface area contributed by atoms with Crippen molar-refractivity contribution in [3.05, 3.63) is 33.8 Å². The minimum absolute atomic E-state index is 0.0820. The van der Waals surface area contributed by atoms with Crippen molar-refractivity contribution in [2.24, 2.45) is 5.92 Å². The van der Waals surface area contributed by atoms with Crippen LogP contribution in [0.1, 0.15) is 12.0 Å². The molecule has 2 rings (SSSR count). The molecular formula is C13H13Cl2NO3. The zero-order valence-electron chi connectivity index (χ0n) is 10.1. The van der Waals surface area contributed by atoms with Gasteiger partial charge in [0.15, 0.2) is 0 Å². The number of hydrogen-bond acceptors (Lipinski definition) is 2. The van der Waals surface area contributed by atoms with Gasteiger partial charge >= 0.3 is 5.97 Å². The molecule has 6 heteroatoms. The van der Waals surface area contributed by atoms with Crippen molar-refractivity contribution in [1.29, 1.82) is 0 Å². The van der Waals surface area contributed by atoms with Crippen molar-refractivity contribution in [2.75, 3.05) is 13.1 Å². The molecule has 1 unspecified atom stereocenters. The van der Waals surface area contributed by atoms with Crippen LogP contribution in [-0.2, 0) is 16.0 Å². The lowest BCUT2D eigenvalue weighted by atomic mass is 10.1. The molecule has 102 valence electrons. The Bertz CT molecular complexity index is 519. The average Bonchev–Trinajstić information content (AvgIpc) is 2.73. The summed E-state index contributed by atoms with van der Waals surface area (Å²) in [6, 6.07) is 5.35. The molecule has 0 radical (unpaired) electrons. The lowest BCUT2D eigenvalue weighted by molar-refractivity contribution is -0.141. The molecule has 1 heterocycles. The number of aliphatic carboxylic acids is 1. The summed E-state index contributed by atoms with van der Waals surface area (Å²) in [4.78, 5) is 24.1. The predicted octanol–water partition coefficient (Wildman–Crippen LogP) is 2.47. The molecule has 1 amide bonds. The van der Waals surface area contributed by atoms with Gasteiger partial charge in [-0.3, -0.25) is 9.59 Å². The molecule has 0 saturated carbocycles. The van der Waals surface area contributed by atoms with Gasteiger partial charge in [-0.2, -0.15) is 0 Å². The number of benzene rings is 1. The summed E-state index contributed by atoms with van der Waals surface area (Å²) in [5.41, 5.74) is 0.862. The number of likely N-dealkylation sites (tertiary alicyclic amines) is 1. The van der Waals surface area contributed by atoms with Gasteiger partial charge in [-0.05, 0) is 18.1 Å². The Balaban J connectivity index is 1.98. The second-order valence-corrected chi connectivity index (χ2v) is 5.33. The maximum atomic E-state index is 11.7. The number of amides is 1. The molecule has 1 aromatic carbocycles. The number of carbonyl (C=O) groups excluding carboxylic acids is 1. The van der Waals surface area contributed by atoms with E-state index < -0.39 is 11.9 Å². The van der Waals surface area contributed by atoms with Gasteiger partial charge in [0, 0.05) is 19.5 Å². The Hall–Kier alpha value is -1.26. The summed E-state index contributed by atoms with van der Waals surface area (Å²) in [5.74, 6) is -1.63. The molecule has 19 heavy (non-hydrogen) atoms. The fourth-order valence-corrected chi connectivity index (χ4v) is 2.57. The number of hydrogen-bond donors (Lipinski definition) is 1. The third-order valence-electron chi connectivity index (χ3n) is 3.25. The van der Waals surface area contributed by atoms with E-state index in [0.717, 1.165) is 5.56 Å². The summed E-state index contributed by atoms with van der Waals surface area (Å²) in [6.07, 6.45) is 0.649. The molecular weight excluding hydrogens is 289 g/mol. The number of carboxylic acid groups (broad SMARTS) is 1. The van der Waals surface area contributed by atoms with Crippen LogP contribution in [-0.4, -0.2) is 35.0 Å². The van der Waals surface area contributed by atoms with Crippen LogP contribution in [0.3, 0.4) is 0 Å². The standard InChI is InChI=1S/C13H13Cl2NO3/c14-10-3-1-2-8(12(10)15)4-5-16-7-9(13(18)19)6-11(16)17/h1-3,9H,4-7H2,(H,18,19). The fourth-order valence-electron chi connectivity index (χ4n) is 2.15. The normalized spacial score (nSPS) is 18.9. The van der Waals surface area contributed by atoms with E-state index in [1.165, 1.54) is 0 Å². The number of nitrogens with zero attached hydrogens (tertiary/aromatic N) is 1. The molecule has 1 atom stereocenters. The molecule has 0 aromatic heterocycles. The first kappa shape index (κ1) is 14.2. The number of rotatable bonds is 4. The second-order valence-electron chi connectivity index (χ2n) is 4.54. The lowest BCUT2D eigenvalue weighted by Gasteiger charge is -2.16. The van der Waals surface area contributed by atoms with Crippen molar-refractivity contribution < 1.29 is 14.7 Å². The van der Waals surface area contributed by atoms with Crippen LogP contribution < -0.4 is 0 Å². The van der Waals surface area contributed by atoms with Gasteiger partial charge in [-0.1, -0.05) is 35.3 Å². The highest BCUT2D eigenvalue weighted by molar-refractivity contribution is 6.42. The first-order valence-corrected chi connectivity index (χ1v) is 6.68. The second kappa shape index (κ2) is 5.80. The van der Waals surface area contributed by atoms with Crippen LogP contribution >= 0.6 is 23.2 Å². The van der Waals surface area contributed by atoms with Crippen LogP contribution in [0.2, 0.25) is 10.0 Å². The first-order chi connectivity index (χ1) is 8.99. The minimum Gasteiger partial charge on any atom is -0.481 e. The van der Waals surface area contributed by atoms with Gasteiger partial charge < -0.3 is 10.0 Å². The molecule has 4 nitrogen and oxygen atoms in total. The molecule has 0 bridgehead atoms. The van der Waals surface area contributed by atoms with Gasteiger partial charge in [-0.15, -0.1) is 0 Å². The van der Waals surface area contributed by atoms with Crippen molar-refractivity contribution in [1.82, 2.24) is 4.90 Å². The number of carbonyl (C=O) groups is 2. The predicted molar refractivity (Wildman–Crippen MR) is 72.5 cm³/mol. The molecule has 1 aromatic rings.